The van der Waals surface area contributed by atoms with E-state index in [4.69, 9.17) is 0 Å². The van der Waals surface area contributed by atoms with Gasteiger partial charge in [-0.15, -0.1) is 5.10 Å². The first kappa shape index (κ1) is 16.2. The van der Waals surface area contributed by atoms with Gasteiger partial charge >= 0.3 is 5.97 Å². The van der Waals surface area contributed by atoms with Crippen LogP contribution in [0.3, 0.4) is 0 Å². The fraction of sp³-hybridized carbons (Fsp3) is 0.412. The fourth-order valence-electron chi connectivity index (χ4n) is 3.16. The van der Waals surface area contributed by atoms with Gasteiger partial charge in [-0.2, -0.15) is 0 Å². The van der Waals surface area contributed by atoms with Crippen LogP contribution in [0.4, 0.5) is 0 Å². The van der Waals surface area contributed by atoms with Crippen LogP contribution < -0.4 is 5.32 Å². The summed E-state index contributed by atoms with van der Waals surface area (Å²) >= 11 is 0. The maximum absolute atomic E-state index is 12.3. The summed E-state index contributed by atoms with van der Waals surface area (Å²) in [6, 6.07) is 5.27. The van der Waals surface area contributed by atoms with Crippen molar-refractivity contribution >= 4 is 11.9 Å². The third-order valence-corrected chi connectivity index (χ3v) is 4.66. The number of hydrogen-bond donors (Lipinski definition) is 2. The molecule has 2 N–H and O–H groups in total. The van der Waals surface area contributed by atoms with Crippen molar-refractivity contribution < 1.29 is 14.7 Å². The molecule has 1 aromatic heterocycles. The molecule has 1 atom stereocenters. The number of aromatic nitrogens is 3. The highest BCUT2D eigenvalue weighted by Gasteiger charge is 2.23. The van der Waals surface area contributed by atoms with E-state index < -0.39 is 5.97 Å². The maximum atomic E-state index is 12.3. The van der Waals surface area contributed by atoms with Crippen LogP contribution in [0.1, 0.15) is 56.4 Å². The van der Waals surface area contributed by atoms with Crippen LogP contribution >= 0.6 is 0 Å². The van der Waals surface area contributed by atoms with Crippen molar-refractivity contribution in [1.29, 1.82) is 0 Å². The van der Waals surface area contributed by atoms with Crippen molar-refractivity contribution in [3.05, 3.63) is 46.3 Å². The number of carbonyl (C=O) groups is 2. The molecule has 0 bridgehead atoms. The molecule has 7 heteroatoms. The van der Waals surface area contributed by atoms with E-state index in [1.165, 1.54) is 5.56 Å². The second kappa shape index (κ2) is 6.43. The van der Waals surface area contributed by atoms with E-state index in [-0.39, 0.29) is 17.4 Å². The number of carboxylic acids is 1. The second-order valence-corrected chi connectivity index (χ2v) is 6.16. The monoisotopic (exact) mass is 328 g/mol. The smallest absolute Gasteiger partial charge is 0.335 e. The van der Waals surface area contributed by atoms with Crippen LogP contribution in [0.15, 0.2) is 18.2 Å². The van der Waals surface area contributed by atoms with Crippen LogP contribution in [0.2, 0.25) is 0 Å². The molecule has 0 saturated heterocycles. The predicted molar refractivity (Wildman–Crippen MR) is 87.2 cm³/mol. The molecule has 1 unspecified atom stereocenters. The van der Waals surface area contributed by atoms with Crippen LogP contribution in [-0.2, 0) is 13.5 Å². The Hall–Kier alpha value is -2.70. The molecule has 1 aliphatic carbocycles. The van der Waals surface area contributed by atoms with Gasteiger partial charge in [0.1, 0.15) is 0 Å². The molecule has 0 radical (unpaired) electrons. The van der Waals surface area contributed by atoms with E-state index in [0.29, 0.717) is 17.9 Å². The highest BCUT2D eigenvalue weighted by Crippen LogP contribution is 2.32. The summed E-state index contributed by atoms with van der Waals surface area (Å²) in [5, 5.41) is 19.8. The van der Waals surface area contributed by atoms with E-state index in [2.05, 4.69) is 15.6 Å². The van der Waals surface area contributed by atoms with Gasteiger partial charge in [0.2, 0.25) is 0 Å². The van der Waals surface area contributed by atoms with Crippen LogP contribution in [0.25, 0.3) is 0 Å². The van der Waals surface area contributed by atoms with Crippen molar-refractivity contribution in [2.24, 2.45) is 7.05 Å². The highest BCUT2D eigenvalue weighted by atomic mass is 16.4. The van der Waals surface area contributed by atoms with Gasteiger partial charge in [0, 0.05) is 19.5 Å². The van der Waals surface area contributed by atoms with Crippen molar-refractivity contribution in [3.8, 4) is 0 Å². The molecule has 1 aromatic carbocycles. The average molecular weight is 328 g/mol. The van der Waals surface area contributed by atoms with Crippen molar-refractivity contribution in [3.63, 3.8) is 0 Å². The second-order valence-electron chi connectivity index (χ2n) is 6.16. The zero-order chi connectivity index (χ0) is 17.3. The minimum absolute atomic E-state index is 0.119. The Morgan fingerprint density at radius 1 is 1.42 bits per heavy atom. The van der Waals surface area contributed by atoms with E-state index >= 15 is 0 Å². The summed E-state index contributed by atoms with van der Waals surface area (Å²) in [6.45, 7) is 2.26. The third-order valence-electron chi connectivity index (χ3n) is 4.66. The van der Waals surface area contributed by atoms with Gasteiger partial charge in [0.15, 0.2) is 5.69 Å². The number of nitrogens with zero attached hydrogens (tertiary/aromatic N) is 3. The summed E-state index contributed by atoms with van der Waals surface area (Å²) in [7, 11) is 1.74. The predicted octanol–water partition coefficient (Wildman–Crippen LogP) is 1.67. The maximum Gasteiger partial charge on any atom is 0.335 e. The van der Waals surface area contributed by atoms with Crippen molar-refractivity contribution in [1.82, 2.24) is 20.3 Å². The summed E-state index contributed by atoms with van der Waals surface area (Å²) in [4.78, 5) is 23.5. The number of carboxylic acid groups (broad SMARTS) is 1. The summed E-state index contributed by atoms with van der Waals surface area (Å²) in [5.74, 6) is -1.06. The molecule has 24 heavy (non-hydrogen) atoms. The number of nitrogens with one attached hydrogen (secondary N) is 1. The molecule has 7 nitrogen and oxygen atoms in total. The minimum atomic E-state index is -0.929. The molecule has 0 aliphatic heterocycles. The van der Waals surface area contributed by atoms with Crippen molar-refractivity contribution in [2.75, 3.05) is 6.54 Å². The Morgan fingerprint density at radius 2 is 2.21 bits per heavy atom. The number of fused-ring (bicyclic) bond motifs is 1. The van der Waals surface area contributed by atoms with Gasteiger partial charge in [0.25, 0.3) is 5.91 Å². The van der Waals surface area contributed by atoms with Gasteiger partial charge < -0.3 is 10.4 Å². The Labute approximate surface area is 139 Å². The first-order chi connectivity index (χ1) is 11.5. The van der Waals surface area contributed by atoms with Crippen molar-refractivity contribution in [2.45, 2.75) is 32.1 Å². The van der Waals surface area contributed by atoms with Crippen LogP contribution in [0.5, 0.6) is 0 Å². The molecule has 0 fully saturated rings. The lowest BCUT2D eigenvalue weighted by molar-refractivity contribution is 0.0696. The summed E-state index contributed by atoms with van der Waals surface area (Å²) in [5.41, 5.74) is 3.52. The molecular formula is C17H20N4O3. The fourth-order valence-corrected chi connectivity index (χ4v) is 3.16. The van der Waals surface area contributed by atoms with Gasteiger partial charge in [0.05, 0.1) is 11.3 Å². The third kappa shape index (κ3) is 3.02. The number of rotatable bonds is 4. The summed E-state index contributed by atoms with van der Waals surface area (Å²) in [6.07, 6.45) is 2.91. The largest absolute Gasteiger partial charge is 0.478 e. The standard InChI is InChI=1S/C17H20N4O3/c1-10-15(19-20-21(10)2)16(22)18-9-13-5-3-4-11-6-7-12(17(23)24)8-14(11)13/h6-8,13H,3-5,9H2,1-2H3,(H,18,22)(H,23,24). The van der Waals surface area contributed by atoms with Gasteiger partial charge in [-0.3, -0.25) is 9.48 Å². The molecule has 1 amide bonds. The Balaban J connectivity index is 1.75. The van der Waals surface area contributed by atoms with Crippen LogP contribution in [0, 0.1) is 6.92 Å². The highest BCUT2D eigenvalue weighted by molar-refractivity contribution is 5.93. The number of benzene rings is 1. The zero-order valence-electron chi connectivity index (χ0n) is 13.7. The van der Waals surface area contributed by atoms with E-state index in [1.54, 1.807) is 30.8 Å². The van der Waals surface area contributed by atoms with E-state index in [1.807, 2.05) is 6.07 Å². The average Bonchev–Trinajstić information content (AvgIpc) is 2.91. The van der Waals surface area contributed by atoms with E-state index in [9.17, 15) is 14.7 Å². The topological polar surface area (TPSA) is 97.1 Å². The Kier molecular flexibility index (Phi) is 4.33. The number of aryl methyl sites for hydroxylation is 2. The summed E-state index contributed by atoms with van der Waals surface area (Å²) < 4.78 is 1.56. The lowest BCUT2D eigenvalue weighted by Gasteiger charge is -2.26. The van der Waals surface area contributed by atoms with Gasteiger partial charge in [-0.25, -0.2) is 4.79 Å². The number of carbonyl (C=O) groups excluding carboxylic acids is 1. The Bertz CT molecular complexity index is 797. The molecular weight excluding hydrogens is 308 g/mol. The molecule has 3 rings (SSSR count). The normalized spacial score (nSPS) is 16.5. The van der Waals surface area contributed by atoms with Gasteiger partial charge in [-0.05, 0) is 49.4 Å². The minimum Gasteiger partial charge on any atom is -0.478 e. The lowest BCUT2D eigenvalue weighted by atomic mass is 9.82. The molecule has 0 spiro atoms. The molecule has 1 heterocycles. The van der Waals surface area contributed by atoms with Gasteiger partial charge in [-0.1, -0.05) is 11.3 Å². The molecule has 1 aliphatic rings. The number of hydrogen-bond acceptors (Lipinski definition) is 4. The first-order valence-electron chi connectivity index (χ1n) is 7.98. The van der Waals surface area contributed by atoms with Crippen LogP contribution in [-0.4, -0.2) is 38.5 Å². The number of amides is 1. The quantitative estimate of drug-likeness (QED) is 0.890. The SMILES string of the molecule is Cc1c(C(=O)NCC2CCCc3ccc(C(=O)O)cc32)nnn1C. The van der Waals surface area contributed by atoms with E-state index in [0.717, 1.165) is 24.8 Å². The first-order valence-corrected chi connectivity index (χ1v) is 7.98. The number of aromatic carboxylic acids is 1. The molecule has 126 valence electrons. The molecule has 2 aromatic rings. The lowest BCUT2D eigenvalue weighted by Crippen LogP contribution is -2.30. The zero-order valence-corrected chi connectivity index (χ0v) is 13.7. The Morgan fingerprint density at radius 3 is 2.88 bits per heavy atom. The molecule has 0 saturated carbocycles.